The smallest absolute Gasteiger partial charge is 0.372 e. The van der Waals surface area contributed by atoms with Crippen molar-refractivity contribution in [3.63, 3.8) is 0 Å². The fourth-order valence-electron chi connectivity index (χ4n) is 1.87. The van der Waals surface area contributed by atoms with Gasteiger partial charge in [0.1, 0.15) is 24.1 Å². The van der Waals surface area contributed by atoms with Crippen LogP contribution in [0.3, 0.4) is 0 Å². The predicted molar refractivity (Wildman–Crippen MR) is 56.6 cm³/mol. The van der Waals surface area contributed by atoms with Crippen molar-refractivity contribution in [1.82, 2.24) is 9.55 Å². The molecule has 0 aromatic carbocycles. The largest absolute Gasteiger partial charge is 0.475 e. The summed E-state index contributed by atoms with van der Waals surface area (Å²) in [7, 11) is 0. The molecule has 0 saturated carbocycles. The average molecular weight is 259 g/mol. The van der Waals surface area contributed by atoms with E-state index < -0.39 is 42.9 Å². The molecule has 1 fully saturated rings. The Morgan fingerprint density at radius 1 is 1.50 bits per heavy atom. The number of anilines is 1. The van der Waals surface area contributed by atoms with Crippen molar-refractivity contribution in [3.8, 4) is 0 Å². The standard InChI is InChI=1S/C9H13N3O6/c10-4-1-12(7(11-4)9(16)17)8-6(15)5(14)3(2-13)18-8/h1,3,5-6,8,13-15H,2,10H2,(H,16,17)/t3-,5-,6-,8-/m1/s1. The van der Waals surface area contributed by atoms with Crippen LogP contribution >= 0.6 is 0 Å². The Bertz CT molecular complexity index is 461. The second-order valence-electron chi connectivity index (χ2n) is 3.93. The van der Waals surface area contributed by atoms with E-state index in [1.165, 1.54) is 6.20 Å². The van der Waals surface area contributed by atoms with Gasteiger partial charge in [0.15, 0.2) is 6.23 Å². The van der Waals surface area contributed by atoms with Crippen LogP contribution in [0.1, 0.15) is 16.8 Å². The van der Waals surface area contributed by atoms with Crippen molar-refractivity contribution < 1.29 is 30.0 Å². The van der Waals surface area contributed by atoms with Crippen LogP contribution in [0.25, 0.3) is 0 Å². The molecule has 2 heterocycles. The van der Waals surface area contributed by atoms with Crippen molar-refractivity contribution in [2.24, 2.45) is 0 Å². The minimum absolute atomic E-state index is 0.0508. The molecule has 1 aromatic heterocycles. The van der Waals surface area contributed by atoms with Gasteiger partial charge in [-0.15, -0.1) is 0 Å². The Kier molecular flexibility index (Phi) is 3.22. The zero-order valence-electron chi connectivity index (χ0n) is 9.17. The Morgan fingerprint density at radius 3 is 2.67 bits per heavy atom. The van der Waals surface area contributed by atoms with Crippen LogP contribution in [-0.2, 0) is 4.74 Å². The third-order valence-corrected chi connectivity index (χ3v) is 2.73. The van der Waals surface area contributed by atoms with Crippen LogP contribution < -0.4 is 5.73 Å². The van der Waals surface area contributed by atoms with Gasteiger partial charge in [-0.1, -0.05) is 0 Å². The summed E-state index contributed by atoms with van der Waals surface area (Å²) in [6.45, 7) is -0.499. The topological polar surface area (TPSA) is 151 Å². The maximum Gasteiger partial charge on any atom is 0.372 e. The van der Waals surface area contributed by atoms with E-state index in [2.05, 4.69) is 4.98 Å². The second-order valence-corrected chi connectivity index (χ2v) is 3.93. The number of carbonyl (C=O) groups is 1. The van der Waals surface area contributed by atoms with E-state index in [9.17, 15) is 15.0 Å². The van der Waals surface area contributed by atoms with Crippen molar-refractivity contribution >= 4 is 11.8 Å². The summed E-state index contributed by atoms with van der Waals surface area (Å²) in [5.41, 5.74) is 5.39. The number of carboxylic acid groups (broad SMARTS) is 1. The van der Waals surface area contributed by atoms with E-state index in [1.807, 2.05) is 0 Å². The molecule has 0 aliphatic carbocycles. The van der Waals surface area contributed by atoms with Gasteiger partial charge in [-0.05, 0) is 0 Å². The minimum Gasteiger partial charge on any atom is -0.475 e. The SMILES string of the molecule is Nc1cn([C@@H]2O[C@H](CO)[C@@H](O)[C@H]2O)c(C(=O)O)n1. The van der Waals surface area contributed by atoms with Gasteiger partial charge in [0.25, 0.3) is 0 Å². The molecule has 4 atom stereocenters. The molecule has 0 spiro atoms. The fourth-order valence-corrected chi connectivity index (χ4v) is 1.87. The first-order valence-corrected chi connectivity index (χ1v) is 5.15. The lowest BCUT2D eigenvalue weighted by Crippen LogP contribution is -2.33. The lowest BCUT2D eigenvalue weighted by atomic mass is 10.1. The van der Waals surface area contributed by atoms with Gasteiger partial charge < -0.3 is 30.9 Å². The number of carboxylic acids is 1. The molecule has 1 aromatic rings. The number of aliphatic hydroxyl groups excluding tert-OH is 3. The summed E-state index contributed by atoms with van der Waals surface area (Å²) in [4.78, 5) is 14.5. The van der Waals surface area contributed by atoms with Crippen molar-refractivity contribution in [1.29, 1.82) is 0 Å². The number of rotatable bonds is 3. The summed E-state index contributed by atoms with van der Waals surface area (Å²) in [5, 5.41) is 37.2. The highest BCUT2D eigenvalue weighted by molar-refractivity contribution is 5.84. The van der Waals surface area contributed by atoms with Crippen LogP contribution in [0, 0.1) is 0 Å². The third kappa shape index (κ3) is 1.93. The molecule has 0 amide bonds. The first-order chi connectivity index (χ1) is 8.45. The molecule has 1 saturated heterocycles. The monoisotopic (exact) mass is 259 g/mol. The Balaban J connectivity index is 2.35. The quantitative estimate of drug-likeness (QED) is 0.409. The van der Waals surface area contributed by atoms with Gasteiger partial charge in [0, 0.05) is 0 Å². The first kappa shape index (κ1) is 12.8. The highest BCUT2D eigenvalue weighted by Gasteiger charge is 2.44. The van der Waals surface area contributed by atoms with E-state index in [1.54, 1.807) is 0 Å². The van der Waals surface area contributed by atoms with Crippen LogP contribution in [-0.4, -0.2) is 60.9 Å². The van der Waals surface area contributed by atoms with Gasteiger partial charge in [0.05, 0.1) is 12.8 Å². The van der Waals surface area contributed by atoms with Gasteiger partial charge in [-0.2, -0.15) is 0 Å². The van der Waals surface area contributed by atoms with Gasteiger partial charge in [0.2, 0.25) is 5.82 Å². The van der Waals surface area contributed by atoms with Crippen LogP contribution in [0.15, 0.2) is 6.20 Å². The zero-order chi connectivity index (χ0) is 13.4. The normalized spacial score (nSPS) is 31.7. The fraction of sp³-hybridized carbons (Fsp3) is 0.556. The minimum atomic E-state index is -1.38. The maximum atomic E-state index is 10.9. The molecular formula is C9H13N3O6. The number of aromatic carboxylic acids is 1. The van der Waals surface area contributed by atoms with Gasteiger partial charge in [-0.25, -0.2) is 9.78 Å². The molecule has 100 valence electrons. The molecule has 1 aliphatic heterocycles. The molecule has 6 N–H and O–H groups in total. The van der Waals surface area contributed by atoms with Crippen molar-refractivity contribution in [3.05, 3.63) is 12.0 Å². The summed E-state index contributed by atoms with van der Waals surface area (Å²) < 4.78 is 6.19. The molecular weight excluding hydrogens is 246 g/mol. The van der Waals surface area contributed by atoms with Crippen LogP contribution in [0.4, 0.5) is 5.82 Å². The molecule has 0 radical (unpaired) electrons. The maximum absolute atomic E-state index is 10.9. The number of nitrogen functional groups attached to an aromatic ring is 1. The molecule has 1 aliphatic rings. The second kappa shape index (κ2) is 4.53. The van der Waals surface area contributed by atoms with Crippen LogP contribution in [0.2, 0.25) is 0 Å². The predicted octanol–water partition coefficient (Wildman–Crippen LogP) is -2.22. The Morgan fingerprint density at radius 2 is 2.17 bits per heavy atom. The molecule has 9 heteroatoms. The van der Waals surface area contributed by atoms with Gasteiger partial charge in [-0.3, -0.25) is 4.57 Å². The molecule has 2 rings (SSSR count). The molecule has 9 nitrogen and oxygen atoms in total. The van der Waals surface area contributed by atoms with E-state index in [0.717, 1.165) is 4.57 Å². The number of aliphatic hydroxyl groups is 3. The summed E-state index contributed by atoms with van der Waals surface area (Å²) in [5.74, 6) is -1.81. The molecule has 0 bridgehead atoms. The molecule has 0 unspecified atom stereocenters. The lowest BCUT2D eigenvalue weighted by molar-refractivity contribution is -0.0539. The number of hydrogen-bond acceptors (Lipinski definition) is 7. The van der Waals surface area contributed by atoms with Crippen molar-refractivity contribution in [2.75, 3.05) is 12.3 Å². The van der Waals surface area contributed by atoms with Crippen LogP contribution in [0.5, 0.6) is 0 Å². The Labute approximate surface area is 101 Å². The van der Waals surface area contributed by atoms with E-state index in [0.29, 0.717) is 0 Å². The highest BCUT2D eigenvalue weighted by Crippen LogP contribution is 2.30. The van der Waals surface area contributed by atoms with E-state index >= 15 is 0 Å². The first-order valence-electron chi connectivity index (χ1n) is 5.15. The van der Waals surface area contributed by atoms with E-state index in [4.69, 9.17) is 20.7 Å². The number of aromatic nitrogens is 2. The summed E-state index contributed by atoms with van der Waals surface area (Å²) in [6.07, 6.45) is -3.66. The number of nitrogens with two attached hydrogens (primary N) is 1. The highest BCUT2D eigenvalue weighted by atomic mass is 16.6. The zero-order valence-corrected chi connectivity index (χ0v) is 9.17. The average Bonchev–Trinajstić information content (AvgIpc) is 2.82. The third-order valence-electron chi connectivity index (χ3n) is 2.73. The van der Waals surface area contributed by atoms with E-state index in [-0.39, 0.29) is 5.82 Å². The number of ether oxygens (including phenoxy) is 1. The molecule has 18 heavy (non-hydrogen) atoms. The number of nitrogens with zero attached hydrogens (tertiary/aromatic N) is 2. The van der Waals surface area contributed by atoms with Crippen molar-refractivity contribution in [2.45, 2.75) is 24.5 Å². The summed E-state index contributed by atoms with van der Waals surface area (Å²) >= 11 is 0. The Hall–Kier alpha value is -1.68. The van der Waals surface area contributed by atoms with Gasteiger partial charge >= 0.3 is 5.97 Å². The lowest BCUT2D eigenvalue weighted by Gasteiger charge is -2.17. The summed E-state index contributed by atoms with van der Waals surface area (Å²) in [6, 6.07) is 0. The number of imidazole rings is 1. The number of hydrogen-bond donors (Lipinski definition) is 5.